The second-order valence-electron chi connectivity index (χ2n) is 5.28. The molecule has 0 saturated heterocycles. The second kappa shape index (κ2) is 6.40. The minimum Gasteiger partial charge on any atom is -0.311 e. The number of nitrogens with zero attached hydrogens (tertiary/aromatic N) is 1. The Labute approximate surface area is 126 Å². The van der Waals surface area contributed by atoms with Gasteiger partial charge in [0.05, 0.1) is 6.54 Å². The van der Waals surface area contributed by atoms with E-state index in [0.717, 1.165) is 16.7 Å². The number of hydrogen-bond donors (Lipinski definition) is 0. The molecule has 108 valence electrons. The first-order valence-corrected chi connectivity index (χ1v) is 7.09. The zero-order chi connectivity index (χ0) is 15.4. The van der Waals surface area contributed by atoms with Crippen molar-refractivity contribution in [2.24, 2.45) is 0 Å². The van der Waals surface area contributed by atoms with Crippen molar-refractivity contribution < 1.29 is 4.79 Å². The number of rotatable bonds is 4. The maximum absolute atomic E-state index is 12.7. The molecule has 0 aliphatic rings. The molecular formula is C19H21NO. The number of carbonyl (C=O) groups is 1. The van der Waals surface area contributed by atoms with Crippen LogP contribution in [-0.4, -0.2) is 10.8 Å². The third-order valence-corrected chi connectivity index (χ3v) is 3.97. The SMILES string of the molecule is C=CN(Cc1ccccc1)C(=O)c1ccc(C)c(C)c1C. The molecular weight excluding hydrogens is 258 g/mol. The maximum atomic E-state index is 12.7. The molecule has 0 heterocycles. The molecule has 0 N–H and O–H groups in total. The van der Waals surface area contributed by atoms with E-state index in [0.29, 0.717) is 6.54 Å². The van der Waals surface area contributed by atoms with Crippen LogP contribution < -0.4 is 0 Å². The highest BCUT2D eigenvalue weighted by Crippen LogP contribution is 2.19. The van der Waals surface area contributed by atoms with Crippen molar-refractivity contribution in [1.82, 2.24) is 4.90 Å². The van der Waals surface area contributed by atoms with Gasteiger partial charge in [0, 0.05) is 11.8 Å². The lowest BCUT2D eigenvalue weighted by atomic mass is 9.98. The lowest BCUT2D eigenvalue weighted by Gasteiger charge is -2.20. The van der Waals surface area contributed by atoms with Crippen molar-refractivity contribution in [1.29, 1.82) is 0 Å². The van der Waals surface area contributed by atoms with Crippen molar-refractivity contribution in [2.75, 3.05) is 0 Å². The number of aryl methyl sites for hydroxylation is 1. The predicted molar refractivity (Wildman–Crippen MR) is 87.2 cm³/mol. The van der Waals surface area contributed by atoms with Gasteiger partial charge in [-0.2, -0.15) is 0 Å². The Kier molecular flexibility index (Phi) is 4.59. The summed E-state index contributed by atoms with van der Waals surface area (Å²) >= 11 is 0. The van der Waals surface area contributed by atoms with E-state index in [2.05, 4.69) is 20.4 Å². The van der Waals surface area contributed by atoms with Crippen LogP contribution in [0.15, 0.2) is 55.2 Å². The fourth-order valence-corrected chi connectivity index (χ4v) is 2.34. The summed E-state index contributed by atoms with van der Waals surface area (Å²) in [5, 5.41) is 0. The van der Waals surface area contributed by atoms with Gasteiger partial charge in [0.25, 0.3) is 5.91 Å². The van der Waals surface area contributed by atoms with Crippen molar-refractivity contribution in [3.63, 3.8) is 0 Å². The molecule has 2 rings (SSSR count). The highest BCUT2D eigenvalue weighted by molar-refractivity contribution is 5.96. The molecule has 0 bridgehead atoms. The Hall–Kier alpha value is -2.35. The Morgan fingerprint density at radius 2 is 1.71 bits per heavy atom. The zero-order valence-electron chi connectivity index (χ0n) is 12.9. The average molecular weight is 279 g/mol. The van der Waals surface area contributed by atoms with Crippen LogP contribution in [0, 0.1) is 20.8 Å². The molecule has 0 fully saturated rings. The summed E-state index contributed by atoms with van der Waals surface area (Å²) in [5.41, 5.74) is 5.25. The van der Waals surface area contributed by atoms with Gasteiger partial charge < -0.3 is 4.90 Å². The minimum atomic E-state index is -0.00514. The van der Waals surface area contributed by atoms with Crippen LogP contribution in [0.3, 0.4) is 0 Å². The Morgan fingerprint density at radius 1 is 1.05 bits per heavy atom. The first-order chi connectivity index (χ1) is 10.0. The van der Waals surface area contributed by atoms with Gasteiger partial charge in [0.15, 0.2) is 0 Å². The molecule has 2 aromatic carbocycles. The van der Waals surface area contributed by atoms with Crippen LogP contribution in [0.5, 0.6) is 0 Å². The van der Waals surface area contributed by atoms with E-state index < -0.39 is 0 Å². The number of carbonyl (C=O) groups excluding carboxylic acids is 1. The number of benzene rings is 2. The van der Waals surface area contributed by atoms with Crippen molar-refractivity contribution >= 4 is 5.91 Å². The lowest BCUT2D eigenvalue weighted by Crippen LogP contribution is -2.26. The van der Waals surface area contributed by atoms with Crippen LogP contribution in [-0.2, 0) is 6.54 Å². The summed E-state index contributed by atoms with van der Waals surface area (Å²) < 4.78 is 0. The Balaban J connectivity index is 2.29. The molecule has 0 atom stereocenters. The summed E-state index contributed by atoms with van der Waals surface area (Å²) in [7, 11) is 0. The van der Waals surface area contributed by atoms with E-state index in [1.807, 2.05) is 49.4 Å². The van der Waals surface area contributed by atoms with E-state index in [1.54, 1.807) is 11.1 Å². The molecule has 21 heavy (non-hydrogen) atoms. The Bertz CT molecular complexity index is 659. The van der Waals surface area contributed by atoms with Gasteiger partial charge >= 0.3 is 0 Å². The quantitative estimate of drug-likeness (QED) is 0.812. The fourth-order valence-electron chi connectivity index (χ4n) is 2.34. The normalized spacial score (nSPS) is 10.2. The van der Waals surface area contributed by atoms with Gasteiger partial charge in [-0.25, -0.2) is 0 Å². The maximum Gasteiger partial charge on any atom is 0.258 e. The van der Waals surface area contributed by atoms with Crippen LogP contribution in [0.25, 0.3) is 0 Å². The molecule has 0 unspecified atom stereocenters. The smallest absolute Gasteiger partial charge is 0.258 e. The molecule has 0 spiro atoms. The highest BCUT2D eigenvalue weighted by Gasteiger charge is 2.17. The van der Waals surface area contributed by atoms with Crippen LogP contribution >= 0.6 is 0 Å². The molecule has 2 heteroatoms. The summed E-state index contributed by atoms with van der Waals surface area (Å²) in [6, 6.07) is 13.8. The van der Waals surface area contributed by atoms with Gasteiger partial charge in [-0.1, -0.05) is 43.0 Å². The molecule has 0 aliphatic carbocycles. The molecule has 0 aromatic heterocycles. The van der Waals surface area contributed by atoms with Crippen molar-refractivity contribution in [2.45, 2.75) is 27.3 Å². The number of amides is 1. The van der Waals surface area contributed by atoms with Crippen LogP contribution in [0.2, 0.25) is 0 Å². The summed E-state index contributed by atoms with van der Waals surface area (Å²) in [6.07, 6.45) is 1.60. The standard InChI is InChI=1S/C19H21NO/c1-5-20(13-17-9-7-6-8-10-17)19(21)18-12-11-14(2)15(3)16(18)4/h5-12H,1,13H2,2-4H3. The lowest BCUT2D eigenvalue weighted by molar-refractivity contribution is 0.0813. The van der Waals surface area contributed by atoms with E-state index >= 15 is 0 Å². The van der Waals surface area contributed by atoms with Gasteiger partial charge in [-0.3, -0.25) is 4.79 Å². The van der Waals surface area contributed by atoms with Gasteiger partial charge in [0.2, 0.25) is 0 Å². The molecule has 0 radical (unpaired) electrons. The monoisotopic (exact) mass is 279 g/mol. The van der Waals surface area contributed by atoms with Crippen LogP contribution in [0.1, 0.15) is 32.6 Å². The molecule has 0 aliphatic heterocycles. The van der Waals surface area contributed by atoms with E-state index in [1.165, 1.54) is 11.1 Å². The summed E-state index contributed by atoms with van der Waals surface area (Å²) in [5.74, 6) is -0.00514. The average Bonchev–Trinajstić information content (AvgIpc) is 2.51. The van der Waals surface area contributed by atoms with E-state index in [4.69, 9.17) is 0 Å². The first kappa shape index (κ1) is 15.0. The summed E-state index contributed by atoms with van der Waals surface area (Å²) in [4.78, 5) is 14.4. The largest absolute Gasteiger partial charge is 0.311 e. The highest BCUT2D eigenvalue weighted by atomic mass is 16.2. The van der Waals surface area contributed by atoms with Gasteiger partial charge in [-0.15, -0.1) is 0 Å². The summed E-state index contributed by atoms with van der Waals surface area (Å²) in [6.45, 7) is 10.4. The number of hydrogen-bond acceptors (Lipinski definition) is 1. The third kappa shape index (κ3) is 3.22. The molecule has 2 nitrogen and oxygen atoms in total. The van der Waals surface area contributed by atoms with Gasteiger partial charge in [0.1, 0.15) is 0 Å². The zero-order valence-corrected chi connectivity index (χ0v) is 12.9. The fraction of sp³-hybridized carbons (Fsp3) is 0.211. The van der Waals surface area contributed by atoms with Crippen molar-refractivity contribution in [3.05, 3.63) is 83.1 Å². The van der Waals surface area contributed by atoms with Crippen LogP contribution in [0.4, 0.5) is 0 Å². The van der Waals surface area contributed by atoms with E-state index in [-0.39, 0.29) is 5.91 Å². The van der Waals surface area contributed by atoms with E-state index in [9.17, 15) is 4.79 Å². The molecule has 0 saturated carbocycles. The Morgan fingerprint density at radius 3 is 2.33 bits per heavy atom. The molecule has 1 amide bonds. The second-order valence-corrected chi connectivity index (χ2v) is 5.28. The van der Waals surface area contributed by atoms with Crippen molar-refractivity contribution in [3.8, 4) is 0 Å². The predicted octanol–water partition coefficient (Wildman–Crippen LogP) is 4.40. The third-order valence-electron chi connectivity index (χ3n) is 3.97. The molecule has 2 aromatic rings. The minimum absolute atomic E-state index is 0.00514. The topological polar surface area (TPSA) is 20.3 Å². The van der Waals surface area contributed by atoms with Gasteiger partial charge in [-0.05, 0) is 49.1 Å². The first-order valence-electron chi connectivity index (χ1n) is 7.09.